The lowest BCUT2D eigenvalue weighted by molar-refractivity contribution is -0.141. The average molecular weight is 294 g/mol. The normalized spacial score (nSPS) is 28.8. The first-order valence-electron chi connectivity index (χ1n) is 7.75. The molecule has 6 heteroatoms. The van der Waals surface area contributed by atoms with Crippen LogP contribution in [-0.2, 0) is 19.1 Å². The Balaban J connectivity index is 1.53. The minimum absolute atomic E-state index is 0.172. The highest BCUT2D eigenvalue weighted by atomic mass is 16.5. The van der Waals surface area contributed by atoms with Crippen LogP contribution in [0, 0.1) is 11.3 Å². The molecule has 0 aromatic carbocycles. The molecule has 0 saturated carbocycles. The number of carbonyl (C=O) groups is 3. The number of likely N-dealkylation sites (tertiary alicyclic amines) is 1. The maximum atomic E-state index is 12.3. The first-order chi connectivity index (χ1) is 10.1. The fourth-order valence-corrected chi connectivity index (χ4v) is 3.69. The van der Waals surface area contributed by atoms with Crippen LogP contribution in [-0.4, -0.2) is 48.9 Å². The quantitative estimate of drug-likeness (QED) is 0.751. The van der Waals surface area contributed by atoms with E-state index in [4.69, 9.17) is 4.74 Å². The van der Waals surface area contributed by atoms with Crippen LogP contribution >= 0.6 is 0 Å². The zero-order valence-electron chi connectivity index (χ0n) is 12.2. The Morgan fingerprint density at radius 1 is 1.24 bits per heavy atom. The molecule has 3 saturated heterocycles. The predicted molar refractivity (Wildman–Crippen MR) is 74.2 cm³/mol. The van der Waals surface area contributed by atoms with Crippen LogP contribution in [0.4, 0.5) is 0 Å². The molecule has 3 amide bonds. The lowest BCUT2D eigenvalue weighted by atomic mass is 9.71. The third kappa shape index (κ3) is 3.26. The third-order valence-electron chi connectivity index (χ3n) is 5.01. The number of hydrogen-bond acceptors (Lipinski definition) is 4. The Bertz CT molecular complexity index is 431. The number of ether oxygens (including phenoxy) is 1. The zero-order valence-corrected chi connectivity index (χ0v) is 12.2. The molecule has 0 aliphatic carbocycles. The minimum Gasteiger partial charge on any atom is -0.381 e. The zero-order chi connectivity index (χ0) is 14.9. The summed E-state index contributed by atoms with van der Waals surface area (Å²) in [4.78, 5) is 37.3. The Hall–Kier alpha value is -1.43. The summed E-state index contributed by atoms with van der Waals surface area (Å²) >= 11 is 0. The fourth-order valence-electron chi connectivity index (χ4n) is 3.69. The summed E-state index contributed by atoms with van der Waals surface area (Å²) < 4.78 is 5.31. The second kappa shape index (κ2) is 5.75. The largest absolute Gasteiger partial charge is 0.381 e. The Kier molecular flexibility index (Phi) is 3.97. The van der Waals surface area contributed by atoms with Gasteiger partial charge in [0.05, 0.1) is 0 Å². The van der Waals surface area contributed by atoms with Gasteiger partial charge in [-0.2, -0.15) is 0 Å². The molecule has 0 radical (unpaired) electrons. The Morgan fingerprint density at radius 2 is 1.90 bits per heavy atom. The van der Waals surface area contributed by atoms with Gasteiger partial charge in [-0.1, -0.05) is 0 Å². The number of carbonyl (C=O) groups excluding carboxylic acids is 3. The maximum Gasteiger partial charge on any atom is 0.227 e. The molecule has 0 bridgehead atoms. The van der Waals surface area contributed by atoms with Crippen molar-refractivity contribution >= 4 is 17.7 Å². The van der Waals surface area contributed by atoms with Gasteiger partial charge in [-0.05, 0) is 30.6 Å². The summed E-state index contributed by atoms with van der Waals surface area (Å²) in [6, 6.07) is 0. The van der Waals surface area contributed by atoms with Crippen LogP contribution in [0.2, 0.25) is 0 Å². The van der Waals surface area contributed by atoms with E-state index in [2.05, 4.69) is 5.32 Å². The molecule has 6 nitrogen and oxygen atoms in total. The van der Waals surface area contributed by atoms with Crippen molar-refractivity contribution in [3.8, 4) is 0 Å². The van der Waals surface area contributed by atoms with E-state index in [9.17, 15) is 14.4 Å². The van der Waals surface area contributed by atoms with Crippen LogP contribution in [0.25, 0.3) is 0 Å². The third-order valence-corrected chi connectivity index (χ3v) is 5.01. The predicted octanol–water partition coefficient (Wildman–Crippen LogP) is 0.458. The number of rotatable bonds is 2. The Labute approximate surface area is 124 Å². The first kappa shape index (κ1) is 14.5. The highest BCUT2D eigenvalue weighted by Gasteiger charge is 2.42. The lowest BCUT2D eigenvalue weighted by Gasteiger charge is -2.43. The second-order valence-corrected chi connectivity index (χ2v) is 6.64. The minimum atomic E-state index is -0.216. The number of nitrogens with one attached hydrogen (secondary N) is 1. The van der Waals surface area contributed by atoms with Crippen LogP contribution in [0.15, 0.2) is 0 Å². The van der Waals surface area contributed by atoms with Gasteiger partial charge in [-0.3, -0.25) is 19.7 Å². The molecule has 1 spiro atoms. The van der Waals surface area contributed by atoms with E-state index in [0.29, 0.717) is 44.9 Å². The van der Waals surface area contributed by atoms with Gasteiger partial charge < -0.3 is 9.64 Å². The van der Waals surface area contributed by atoms with Crippen molar-refractivity contribution in [2.24, 2.45) is 11.3 Å². The van der Waals surface area contributed by atoms with E-state index in [1.54, 1.807) is 0 Å². The monoisotopic (exact) mass is 294 g/mol. The molecule has 1 atom stereocenters. The molecule has 3 fully saturated rings. The summed E-state index contributed by atoms with van der Waals surface area (Å²) in [5, 5.41) is 2.36. The van der Waals surface area contributed by atoms with Crippen LogP contribution in [0.3, 0.4) is 0 Å². The molecular weight excluding hydrogens is 272 g/mol. The van der Waals surface area contributed by atoms with Crippen molar-refractivity contribution in [3.63, 3.8) is 0 Å². The lowest BCUT2D eigenvalue weighted by Crippen LogP contribution is -2.51. The van der Waals surface area contributed by atoms with E-state index >= 15 is 0 Å². The highest BCUT2D eigenvalue weighted by molar-refractivity contribution is 5.98. The summed E-state index contributed by atoms with van der Waals surface area (Å²) in [6.45, 7) is 2.77. The van der Waals surface area contributed by atoms with E-state index < -0.39 is 0 Å². The maximum absolute atomic E-state index is 12.3. The van der Waals surface area contributed by atoms with Crippen molar-refractivity contribution in [1.82, 2.24) is 10.2 Å². The second-order valence-electron chi connectivity index (χ2n) is 6.64. The molecule has 1 N–H and O–H groups in total. The Morgan fingerprint density at radius 3 is 2.48 bits per heavy atom. The van der Waals surface area contributed by atoms with Gasteiger partial charge >= 0.3 is 0 Å². The van der Waals surface area contributed by atoms with Crippen molar-refractivity contribution in [2.75, 3.05) is 26.3 Å². The fraction of sp³-hybridized carbons (Fsp3) is 0.800. The SMILES string of the molecule is O=C1CC2(CCN(C(=O)C[C@@H]3CCOC3)CC2)CC(=O)N1. The number of amides is 3. The molecule has 21 heavy (non-hydrogen) atoms. The van der Waals surface area contributed by atoms with E-state index in [1.165, 1.54) is 0 Å². The molecular formula is C15H22N2O4. The van der Waals surface area contributed by atoms with Crippen molar-refractivity contribution < 1.29 is 19.1 Å². The molecule has 3 heterocycles. The molecule has 0 aromatic rings. The summed E-state index contributed by atoms with van der Waals surface area (Å²) in [5.74, 6) is 0.200. The molecule has 0 unspecified atom stereocenters. The van der Waals surface area contributed by atoms with Gasteiger partial charge in [0.1, 0.15) is 0 Å². The molecule has 116 valence electrons. The number of hydrogen-bond donors (Lipinski definition) is 1. The molecule has 0 aromatic heterocycles. The van der Waals surface area contributed by atoms with Gasteiger partial charge in [-0.15, -0.1) is 0 Å². The van der Waals surface area contributed by atoms with Gasteiger partial charge in [0.25, 0.3) is 0 Å². The summed E-state index contributed by atoms with van der Waals surface area (Å²) in [5.41, 5.74) is -0.216. The van der Waals surface area contributed by atoms with Crippen molar-refractivity contribution in [3.05, 3.63) is 0 Å². The molecule has 3 aliphatic rings. The van der Waals surface area contributed by atoms with Gasteiger partial charge in [0.2, 0.25) is 17.7 Å². The average Bonchev–Trinajstić information content (AvgIpc) is 2.90. The van der Waals surface area contributed by atoms with E-state index in [-0.39, 0.29) is 23.1 Å². The summed E-state index contributed by atoms with van der Waals surface area (Å²) in [7, 11) is 0. The van der Waals surface area contributed by atoms with Gasteiger partial charge in [-0.25, -0.2) is 0 Å². The van der Waals surface area contributed by atoms with Crippen LogP contribution < -0.4 is 5.32 Å². The first-order valence-corrected chi connectivity index (χ1v) is 7.75. The molecule has 3 rings (SSSR count). The number of nitrogens with zero attached hydrogens (tertiary/aromatic N) is 1. The van der Waals surface area contributed by atoms with Gasteiger partial charge in [0.15, 0.2) is 0 Å². The van der Waals surface area contributed by atoms with Crippen LogP contribution in [0.5, 0.6) is 0 Å². The van der Waals surface area contributed by atoms with E-state index in [1.807, 2.05) is 4.90 Å². The van der Waals surface area contributed by atoms with Gasteiger partial charge in [0, 0.05) is 45.6 Å². The van der Waals surface area contributed by atoms with Crippen LogP contribution in [0.1, 0.15) is 38.5 Å². The highest BCUT2D eigenvalue weighted by Crippen LogP contribution is 2.40. The van der Waals surface area contributed by atoms with Crippen molar-refractivity contribution in [1.29, 1.82) is 0 Å². The standard InChI is InChI=1S/C15H22N2O4/c18-12-8-15(9-13(19)16-12)2-4-17(5-3-15)14(20)7-11-1-6-21-10-11/h11H,1-10H2,(H,16,18,19)/t11-/m0/s1. The summed E-state index contributed by atoms with van der Waals surface area (Å²) in [6.07, 6.45) is 3.86. The number of piperidine rings is 2. The molecule has 3 aliphatic heterocycles. The topological polar surface area (TPSA) is 75.7 Å². The van der Waals surface area contributed by atoms with Crippen molar-refractivity contribution in [2.45, 2.75) is 38.5 Å². The smallest absolute Gasteiger partial charge is 0.227 e. The number of imide groups is 1. The van der Waals surface area contributed by atoms with E-state index in [0.717, 1.165) is 25.9 Å².